The number of para-hydroxylation sites is 1. The van der Waals surface area contributed by atoms with Crippen LogP contribution in [0.15, 0.2) is 56.6 Å². The van der Waals surface area contributed by atoms with Crippen LogP contribution in [0, 0.1) is 0 Å². The van der Waals surface area contributed by atoms with E-state index in [9.17, 15) is 13.2 Å². The molecule has 0 aliphatic rings. The van der Waals surface area contributed by atoms with Crippen LogP contribution in [0.1, 0.15) is 39.5 Å². The molecule has 1 aromatic heterocycles. The first kappa shape index (κ1) is 23.6. The summed E-state index contributed by atoms with van der Waals surface area (Å²) in [5.74, 6) is 0.107. The lowest BCUT2D eigenvalue weighted by atomic mass is 10.1. The molecule has 32 heavy (non-hydrogen) atoms. The molecule has 2 aromatic carbocycles. The summed E-state index contributed by atoms with van der Waals surface area (Å²) in [4.78, 5) is 13.7. The first-order chi connectivity index (χ1) is 15.3. The zero-order valence-electron chi connectivity index (χ0n) is 18.6. The molecule has 0 saturated heterocycles. The van der Waals surface area contributed by atoms with Gasteiger partial charge in [0.25, 0.3) is 0 Å². The molecule has 9 heteroatoms. The highest BCUT2D eigenvalue weighted by Gasteiger charge is 2.25. The van der Waals surface area contributed by atoms with Crippen molar-refractivity contribution in [3.05, 3.63) is 53.0 Å². The van der Waals surface area contributed by atoms with Crippen LogP contribution in [0.5, 0.6) is 11.5 Å². The summed E-state index contributed by atoms with van der Waals surface area (Å²) in [5, 5.41) is 6.12. The topological polar surface area (TPSA) is 106 Å². The van der Waals surface area contributed by atoms with Gasteiger partial charge in [-0.1, -0.05) is 44.9 Å². The van der Waals surface area contributed by atoms with E-state index in [1.165, 1.54) is 6.07 Å². The zero-order valence-corrected chi connectivity index (χ0v) is 19.4. The number of hydrogen-bond donors (Lipinski definition) is 1. The Morgan fingerprint density at radius 1 is 1.06 bits per heavy atom. The number of sulfone groups is 1. The van der Waals surface area contributed by atoms with Gasteiger partial charge in [0.1, 0.15) is 10.6 Å². The predicted octanol–water partition coefficient (Wildman–Crippen LogP) is 4.63. The average molecular weight is 460 g/mol. The van der Waals surface area contributed by atoms with Gasteiger partial charge in [-0.3, -0.25) is 0 Å². The van der Waals surface area contributed by atoms with E-state index in [1.807, 2.05) is 18.2 Å². The summed E-state index contributed by atoms with van der Waals surface area (Å²) in [6.45, 7) is 5.68. The predicted molar refractivity (Wildman–Crippen MR) is 124 cm³/mol. The number of benzene rings is 2. The van der Waals surface area contributed by atoms with Gasteiger partial charge in [-0.05, 0) is 37.1 Å². The van der Waals surface area contributed by atoms with Crippen LogP contribution in [0.4, 0.5) is 5.69 Å². The minimum absolute atomic E-state index is 0.0116. The Morgan fingerprint density at radius 3 is 2.25 bits per heavy atom. The molecule has 0 unspecified atom stereocenters. The third-order valence-corrected chi connectivity index (χ3v) is 6.09. The highest BCUT2D eigenvalue weighted by atomic mass is 32.2. The summed E-state index contributed by atoms with van der Waals surface area (Å²) in [6, 6.07) is 12.3. The monoisotopic (exact) mass is 459 g/mol. The third kappa shape index (κ3) is 5.79. The summed E-state index contributed by atoms with van der Waals surface area (Å²) >= 11 is 0. The van der Waals surface area contributed by atoms with Gasteiger partial charge in [0, 0.05) is 24.9 Å². The fourth-order valence-electron chi connectivity index (χ4n) is 3.33. The molecule has 0 radical (unpaired) electrons. The molecule has 0 amide bonds. The molecule has 0 aliphatic heterocycles. The molecular formula is C23H29N3O5S. The lowest BCUT2D eigenvalue weighted by molar-refractivity contribution is 0.465. The van der Waals surface area contributed by atoms with E-state index in [1.54, 1.807) is 18.2 Å². The smallest absolute Gasteiger partial charge is 0.434 e. The van der Waals surface area contributed by atoms with Crippen molar-refractivity contribution in [2.75, 3.05) is 24.2 Å². The van der Waals surface area contributed by atoms with E-state index in [2.05, 4.69) is 28.9 Å². The second kappa shape index (κ2) is 10.5. The summed E-state index contributed by atoms with van der Waals surface area (Å²) < 4.78 is 36.9. The highest BCUT2D eigenvalue weighted by molar-refractivity contribution is 7.90. The quantitative estimate of drug-likeness (QED) is 0.445. The Balaban J connectivity index is 2.25. The van der Waals surface area contributed by atoms with Gasteiger partial charge in [0.15, 0.2) is 15.6 Å². The van der Waals surface area contributed by atoms with Gasteiger partial charge < -0.3 is 14.1 Å². The van der Waals surface area contributed by atoms with Crippen molar-refractivity contribution < 1.29 is 17.6 Å². The van der Waals surface area contributed by atoms with Crippen LogP contribution in [-0.4, -0.2) is 38.0 Å². The molecule has 0 bridgehead atoms. The molecule has 172 valence electrons. The number of aromatic amines is 1. The standard InChI is InChI=1S/C23H29N3O5S/c1-4-6-13-26(14-7-5-2)19-15-17(22-24-25-23(27)31-22)16-20(32(3,28)29)21(19)30-18-11-9-8-10-12-18/h8-12,15-16H,4-7,13-14H2,1-3H3,(H,25,27). The van der Waals surface area contributed by atoms with Crippen LogP contribution in [0.2, 0.25) is 0 Å². The van der Waals surface area contributed by atoms with E-state index in [0.29, 0.717) is 17.0 Å². The minimum atomic E-state index is -3.68. The maximum atomic E-state index is 12.8. The lowest BCUT2D eigenvalue weighted by Crippen LogP contribution is -2.26. The van der Waals surface area contributed by atoms with Crippen molar-refractivity contribution in [1.82, 2.24) is 10.2 Å². The molecule has 0 atom stereocenters. The van der Waals surface area contributed by atoms with Crippen molar-refractivity contribution in [3.8, 4) is 23.0 Å². The summed E-state index contributed by atoms with van der Waals surface area (Å²) in [7, 11) is -3.68. The summed E-state index contributed by atoms with van der Waals surface area (Å²) in [6.07, 6.45) is 4.99. The maximum absolute atomic E-state index is 12.8. The highest BCUT2D eigenvalue weighted by Crippen LogP contribution is 2.42. The number of hydrogen-bond acceptors (Lipinski definition) is 7. The molecule has 0 saturated carbocycles. The van der Waals surface area contributed by atoms with Crippen molar-refractivity contribution >= 4 is 15.5 Å². The van der Waals surface area contributed by atoms with Crippen molar-refractivity contribution in [1.29, 1.82) is 0 Å². The second-order valence-corrected chi connectivity index (χ2v) is 9.61. The minimum Gasteiger partial charge on any atom is -0.454 e. The summed E-state index contributed by atoms with van der Waals surface area (Å²) in [5.41, 5.74) is 1.01. The molecule has 0 aliphatic carbocycles. The van der Waals surface area contributed by atoms with E-state index < -0.39 is 15.6 Å². The van der Waals surface area contributed by atoms with Gasteiger partial charge in [0.2, 0.25) is 5.89 Å². The molecule has 8 nitrogen and oxygen atoms in total. The SMILES string of the molecule is CCCCN(CCCC)c1cc(-c2n[nH]c(=O)o2)cc(S(C)(=O)=O)c1Oc1ccccc1. The molecule has 3 aromatic rings. The largest absolute Gasteiger partial charge is 0.454 e. The number of anilines is 1. The van der Waals surface area contributed by atoms with E-state index in [0.717, 1.165) is 45.0 Å². The molecule has 1 heterocycles. The third-order valence-electron chi connectivity index (χ3n) is 4.99. The van der Waals surface area contributed by atoms with Gasteiger partial charge in [0.05, 0.1) is 5.69 Å². The number of aromatic nitrogens is 2. The number of nitrogens with one attached hydrogen (secondary N) is 1. The van der Waals surface area contributed by atoms with E-state index >= 15 is 0 Å². The van der Waals surface area contributed by atoms with Gasteiger partial charge in [-0.2, -0.15) is 0 Å². The first-order valence-corrected chi connectivity index (χ1v) is 12.6. The van der Waals surface area contributed by atoms with Crippen molar-refractivity contribution in [2.45, 2.75) is 44.4 Å². The van der Waals surface area contributed by atoms with E-state index in [-0.39, 0.29) is 16.5 Å². The molecule has 0 spiro atoms. The molecule has 1 N–H and O–H groups in total. The Morgan fingerprint density at radius 2 is 1.72 bits per heavy atom. The van der Waals surface area contributed by atoms with Crippen LogP contribution in [0.25, 0.3) is 11.5 Å². The van der Waals surface area contributed by atoms with E-state index in [4.69, 9.17) is 9.15 Å². The number of ether oxygens (including phenoxy) is 1. The van der Waals surface area contributed by atoms with Crippen LogP contribution in [0.3, 0.4) is 0 Å². The Labute approximate surface area is 188 Å². The number of unbranched alkanes of at least 4 members (excludes halogenated alkanes) is 2. The average Bonchev–Trinajstić information content (AvgIpc) is 3.20. The fraction of sp³-hybridized carbons (Fsp3) is 0.391. The zero-order chi connectivity index (χ0) is 23.1. The van der Waals surface area contributed by atoms with Gasteiger partial charge >= 0.3 is 5.76 Å². The lowest BCUT2D eigenvalue weighted by Gasteiger charge is -2.28. The fourth-order valence-corrected chi connectivity index (χ4v) is 4.16. The molecular weight excluding hydrogens is 430 g/mol. The van der Waals surface area contributed by atoms with Crippen molar-refractivity contribution in [2.24, 2.45) is 0 Å². The second-order valence-electron chi connectivity index (χ2n) is 7.62. The Hall–Kier alpha value is -3.07. The molecule has 0 fully saturated rings. The number of rotatable bonds is 11. The van der Waals surface area contributed by atoms with Crippen LogP contribution < -0.4 is 15.4 Å². The Kier molecular flexibility index (Phi) is 7.74. The van der Waals surface area contributed by atoms with Crippen LogP contribution >= 0.6 is 0 Å². The number of nitrogens with zero attached hydrogens (tertiary/aromatic N) is 2. The number of H-pyrrole nitrogens is 1. The molecule has 3 rings (SSSR count). The maximum Gasteiger partial charge on any atom is 0.434 e. The van der Waals surface area contributed by atoms with Gasteiger partial charge in [-0.15, -0.1) is 5.10 Å². The first-order valence-electron chi connectivity index (χ1n) is 10.7. The van der Waals surface area contributed by atoms with Crippen molar-refractivity contribution in [3.63, 3.8) is 0 Å². The normalized spacial score (nSPS) is 11.5. The van der Waals surface area contributed by atoms with Gasteiger partial charge in [-0.25, -0.2) is 18.3 Å². The Bertz CT molecular complexity index is 1180. The van der Waals surface area contributed by atoms with Crippen LogP contribution in [-0.2, 0) is 9.84 Å².